The fraction of sp³-hybridized carbons (Fsp3) is 0.500. The molecule has 118 valence electrons. The van der Waals surface area contributed by atoms with Gasteiger partial charge in [0.15, 0.2) is 0 Å². The lowest BCUT2D eigenvalue weighted by atomic mass is 10.0. The standard InChI is InChI=1S/C16H22N4O2/c1-21-16-18-13-6-2-4-12(14(13)15(17)19-16)5-3-7-20-8-10-22-11-9-20/h2,4,6H,3,5,7-11H2,1H3,(H2,17,18,19). The molecular formula is C16H22N4O2. The third-order valence-corrected chi connectivity index (χ3v) is 4.02. The Labute approximate surface area is 130 Å². The molecule has 22 heavy (non-hydrogen) atoms. The van der Waals surface area contributed by atoms with Crippen LogP contribution in [0.25, 0.3) is 10.9 Å². The van der Waals surface area contributed by atoms with Crippen LogP contribution in [0.1, 0.15) is 12.0 Å². The normalized spacial score (nSPS) is 16.0. The molecule has 3 rings (SSSR count). The summed E-state index contributed by atoms with van der Waals surface area (Å²) in [5, 5.41) is 0.949. The number of aryl methyl sites for hydroxylation is 1. The molecule has 1 aliphatic heterocycles. The molecule has 2 heterocycles. The first-order chi connectivity index (χ1) is 10.8. The average molecular weight is 302 g/mol. The smallest absolute Gasteiger partial charge is 0.318 e. The van der Waals surface area contributed by atoms with E-state index in [1.165, 1.54) is 5.56 Å². The van der Waals surface area contributed by atoms with Crippen LogP contribution in [0.5, 0.6) is 6.01 Å². The van der Waals surface area contributed by atoms with Crippen molar-refractivity contribution in [2.75, 3.05) is 45.7 Å². The first-order valence-electron chi connectivity index (χ1n) is 7.67. The molecule has 1 aliphatic rings. The molecule has 6 heteroatoms. The fourth-order valence-electron chi connectivity index (χ4n) is 2.88. The summed E-state index contributed by atoms with van der Waals surface area (Å²) in [7, 11) is 1.55. The van der Waals surface area contributed by atoms with Gasteiger partial charge in [0.2, 0.25) is 0 Å². The van der Waals surface area contributed by atoms with Crippen molar-refractivity contribution in [2.45, 2.75) is 12.8 Å². The Morgan fingerprint density at radius 1 is 1.27 bits per heavy atom. The van der Waals surface area contributed by atoms with Crippen LogP contribution in [-0.2, 0) is 11.2 Å². The Bertz CT molecular complexity index is 641. The lowest BCUT2D eigenvalue weighted by Gasteiger charge is -2.26. The van der Waals surface area contributed by atoms with Gasteiger partial charge >= 0.3 is 6.01 Å². The van der Waals surface area contributed by atoms with E-state index in [1.54, 1.807) is 7.11 Å². The summed E-state index contributed by atoms with van der Waals surface area (Å²) < 4.78 is 10.5. The number of benzene rings is 1. The molecular weight excluding hydrogens is 280 g/mol. The van der Waals surface area contributed by atoms with Gasteiger partial charge in [-0.1, -0.05) is 12.1 Å². The summed E-state index contributed by atoms with van der Waals surface area (Å²) in [5.74, 6) is 0.490. The first kappa shape index (κ1) is 15.0. The van der Waals surface area contributed by atoms with Gasteiger partial charge in [-0.3, -0.25) is 4.90 Å². The molecule has 1 saturated heterocycles. The van der Waals surface area contributed by atoms with Crippen molar-refractivity contribution in [1.29, 1.82) is 0 Å². The minimum absolute atomic E-state index is 0.315. The molecule has 1 aromatic carbocycles. The van der Waals surface area contributed by atoms with Crippen molar-refractivity contribution in [3.05, 3.63) is 23.8 Å². The highest BCUT2D eigenvalue weighted by Crippen LogP contribution is 2.25. The number of hydrogen-bond acceptors (Lipinski definition) is 6. The number of hydrogen-bond donors (Lipinski definition) is 1. The van der Waals surface area contributed by atoms with E-state index in [9.17, 15) is 0 Å². The van der Waals surface area contributed by atoms with Crippen molar-refractivity contribution in [3.63, 3.8) is 0 Å². The largest absolute Gasteiger partial charge is 0.467 e. The van der Waals surface area contributed by atoms with Gasteiger partial charge in [0.1, 0.15) is 5.82 Å². The van der Waals surface area contributed by atoms with Crippen LogP contribution < -0.4 is 10.5 Å². The fourth-order valence-corrected chi connectivity index (χ4v) is 2.88. The average Bonchev–Trinajstić information content (AvgIpc) is 2.55. The monoisotopic (exact) mass is 302 g/mol. The van der Waals surface area contributed by atoms with Crippen molar-refractivity contribution in [1.82, 2.24) is 14.9 Å². The molecule has 0 bridgehead atoms. The van der Waals surface area contributed by atoms with E-state index < -0.39 is 0 Å². The number of aromatic nitrogens is 2. The number of fused-ring (bicyclic) bond motifs is 1. The van der Waals surface area contributed by atoms with Gasteiger partial charge in [0.05, 0.1) is 25.8 Å². The molecule has 0 radical (unpaired) electrons. The van der Waals surface area contributed by atoms with Gasteiger partial charge in [0.25, 0.3) is 0 Å². The zero-order valence-electron chi connectivity index (χ0n) is 12.9. The number of rotatable bonds is 5. The molecule has 6 nitrogen and oxygen atoms in total. The predicted octanol–water partition coefficient (Wildman–Crippen LogP) is 1.49. The molecule has 0 spiro atoms. The molecule has 1 aromatic heterocycles. The van der Waals surface area contributed by atoms with E-state index in [1.807, 2.05) is 12.1 Å². The van der Waals surface area contributed by atoms with Crippen molar-refractivity contribution < 1.29 is 9.47 Å². The van der Waals surface area contributed by atoms with Gasteiger partial charge in [0, 0.05) is 18.5 Å². The van der Waals surface area contributed by atoms with E-state index >= 15 is 0 Å². The number of methoxy groups -OCH3 is 1. The molecule has 0 unspecified atom stereocenters. The van der Waals surface area contributed by atoms with Crippen molar-refractivity contribution in [3.8, 4) is 6.01 Å². The second-order valence-corrected chi connectivity index (χ2v) is 5.46. The van der Waals surface area contributed by atoms with E-state index in [2.05, 4.69) is 20.9 Å². The third-order valence-electron chi connectivity index (χ3n) is 4.02. The van der Waals surface area contributed by atoms with Gasteiger partial charge in [-0.2, -0.15) is 9.97 Å². The van der Waals surface area contributed by atoms with E-state index in [-0.39, 0.29) is 0 Å². The van der Waals surface area contributed by atoms with Gasteiger partial charge < -0.3 is 15.2 Å². The maximum absolute atomic E-state index is 6.09. The summed E-state index contributed by atoms with van der Waals surface area (Å²) in [6.45, 7) is 4.82. The minimum atomic E-state index is 0.315. The topological polar surface area (TPSA) is 73.5 Å². The Morgan fingerprint density at radius 3 is 2.86 bits per heavy atom. The summed E-state index contributed by atoms with van der Waals surface area (Å²) in [6, 6.07) is 6.38. The zero-order chi connectivity index (χ0) is 15.4. The maximum atomic E-state index is 6.09. The van der Waals surface area contributed by atoms with Gasteiger partial charge in [-0.25, -0.2) is 0 Å². The summed E-state index contributed by atoms with van der Waals surface area (Å²) >= 11 is 0. The molecule has 2 N–H and O–H groups in total. The first-order valence-corrected chi connectivity index (χ1v) is 7.67. The number of anilines is 1. The van der Waals surface area contributed by atoms with Crippen molar-refractivity contribution in [2.24, 2.45) is 0 Å². The minimum Gasteiger partial charge on any atom is -0.467 e. The van der Waals surface area contributed by atoms with Crippen LogP contribution in [-0.4, -0.2) is 54.8 Å². The van der Waals surface area contributed by atoms with Crippen LogP contribution >= 0.6 is 0 Å². The highest BCUT2D eigenvalue weighted by atomic mass is 16.5. The molecule has 0 atom stereocenters. The summed E-state index contributed by atoms with van der Waals surface area (Å²) in [6.07, 6.45) is 2.05. The van der Waals surface area contributed by atoms with Gasteiger partial charge in [-0.05, 0) is 31.0 Å². The summed E-state index contributed by atoms with van der Waals surface area (Å²) in [5.41, 5.74) is 8.13. The number of nitrogen functional groups attached to an aromatic ring is 1. The number of ether oxygens (including phenoxy) is 2. The molecule has 0 amide bonds. The number of nitrogens with two attached hydrogens (primary N) is 1. The van der Waals surface area contributed by atoms with Crippen LogP contribution in [0, 0.1) is 0 Å². The van der Waals surface area contributed by atoms with Crippen LogP contribution in [0.3, 0.4) is 0 Å². The molecule has 2 aromatic rings. The van der Waals surface area contributed by atoms with Crippen LogP contribution in [0.15, 0.2) is 18.2 Å². The molecule has 0 aliphatic carbocycles. The Kier molecular flexibility index (Phi) is 4.70. The van der Waals surface area contributed by atoms with Gasteiger partial charge in [-0.15, -0.1) is 0 Å². The van der Waals surface area contributed by atoms with Crippen LogP contribution in [0.4, 0.5) is 5.82 Å². The van der Waals surface area contributed by atoms with E-state index in [0.29, 0.717) is 11.8 Å². The third kappa shape index (κ3) is 3.28. The van der Waals surface area contributed by atoms with E-state index in [0.717, 1.165) is 56.6 Å². The number of morpholine rings is 1. The second kappa shape index (κ2) is 6.89. The van der Waals surface area contributed by atoms with Crippen molar-refractivity contribution >= 4 is 16.7 Å². The Morgan fingerprint density at radius 2 is 2.09 bits per heavy atom. The predicted molar refractivity (Wildman–Crippen MR) is 86.1 cm³/mol. The lowest BCUT2D eigenvalue weighted by molar-refractivity contribution is 0.0375. The second-order valence-electron chi connectivity index (χ2n) is 5.46. The highest BCUT2D eigenvalue weighted by molar-refractivity contribution is 5.91. The highest BCUT2D eigenvalue weighted by Gasteiger charge is 2.12. The zero-order valence-corrected chi connectivity index (χ0v) is 12.9. The van der Waals surface area contributed by atoms with Crippen LogP contribution in [0.2, 0.25) is 0 Å². The Hall–Kier alpha value is -1.92. The number of nitrogens with zero attached hydrogens (tertiary/aromatic N) is 3. The lowest BCUT2D eigenvalue weighted by Crippen LogP contribution is -2.36. The van der Waals surface area contributed by atoms with E-state index in [4.69, 9.17) is 15.2 Å². The maximum Gasteiger partial charge on any atom is 0.318 e. The summed E-state index contributed by atoms with van der Waals surface area (Å²) in [4.78, 5) is 11.0. The Balaban J connectivity index is 1.73. The quantitative estimate of drug-likeness (QED) is 0.902. The molecule has 0 saturated carbocycles. The molecule has 1 fully saturated rings. The SMILES string of the molecule is COc1nc(N)c2c(CCCN3CCOCC3)cccc2n1.